The zero-order valence-electron chi connectivity index (χ0n) is 11.1. The maximum Gasteiger partial charge on any atom is 0.176 e. The molecule has 0 atom stereocenters. The number of carbonyl (C=O) groups is 1. The van der Waals surface area contributed by atoms with Crippen LogP contribution in [0.4, 0.5) is 0 Å². The van der Waals surface area contributed by atoms with E-state index in [0.29, 0.717) is 29.2 Å². The molecular formula is C14H17NO3S. The van der Waals surface area contributed by atoms with E-state index in [0.717, 1.165) is 12.2 Å². The van der Waals surface area contributed by atoms with Crippen LogP contribution in [0.15, 0.2) is 18.2 Å². The van der Waals surface area contributed by atoms with Crippen molar-refractivity contribution in [2.75, 3.05) is 25.7 Å². The van der Waals surface area contributed by atoms with Crippen LogP contribution in [0.5, 0.6) is 11.5 Å². The van der Waals surface area contributed by atoms with E-state index in [4.69, 9.17) is 14.7 Å². The van der Waals surface area contributed by atoms with Crippen LogP contribution in [-0.4, -0.2) is 31.5 Å². The molecule has 1 aromatic carbocycles. The van der Waals surface area contributed by atoms with Crippen molar-refractivity contribution in [3.8, 4) is 17.6 Å². The van der Waals surface area contributed by atoms with E-state index in [1.54, 1.807) is 25.3 Å². The zero-order chi connectivity index (χ0) is 14.1. The molecule has 1 aromatic rings. The van der Waals surface area contributed by atoms with Gasteiger partial charge in [0.25, 0.3) is 0 Å². The second-order valence-corrected chi connectivity index (χ2v) is 4.91. The molecule has 0 radical (unpaired) electrons. The number of hydrogen-bond donors (Lipinski definition) is 0. The van der Waals surface area contributed by atoms with Gasteiger partial charge in [0.05, 0.1) is 31.6 Å². The summed E-state index contributed by atoms with van der Waals surface area (Å²) in [5.74, 6) is 2.44. The summed E-state index contributed by atoms with van der Waals surface area (Å²) in [6, 6.07) is 7.25. The molecule has 0 spiro atoms. The third-order valence-electron chi connectivity index (χ3n) is 2.52. The fourth-order valence-corrected chi connectivity index (χ4v) is 2.36. The van der Waals surface area contributed by atoms with Crippen molar-refractivity contribution in [3.05, 3.63) is 23.8 Å². The Balaban J connectivity index is 2.59. The van der Waals surface area contributed by atoms with Crippen LogP contribution in [-0.2, 0) is 0 Å². The molecular weight excluding hydrogens is 262 g/mol. The number of methoxy groups -OCH3 is 2. The molecule has 4 nitrogen and oxygen atoms in total. The number of ether oxygens (including phenoxy) is 2. The van der Waals surface area contributed by atoms with Gasteiger partial charge in [0.15, 0.2) is 5.78 Å². The van der Waals surface area contributed by atoms with Gasteiger partial charge >= 0.3 is 0 Å². The van der Waals surface area contributed by atoms with Gasteiger partial charge in [-0.3, -0.25) is 4.79 Å². The molecule has 0 amide bonds. The topological polar surface area (TPSA) is 59.3 Å². The van der Waals surface area contributed by atoms with Crippen LogP contribution in [0.25, 0.3) is 0 Å². The normalized spacial score (nSPS) is 9.74. The first-order valence-electron chi connectivity index (χ1n) is 5.92. The molecule has 0 unspecified atom stereocenters. The SMILES string of the molecule is COc1ccc(C(=O)CSCCCC#N)c(OC)c1. The van der Waals surface area contributed by atoms with Gasteiger partial charge in [-0.05, 0) is 24.3 Å². The van der Waals surface area contributed by atoms with Gasteiger partial charge < -0.3 is 9.47 Å². The van der Waals surface area contributed by atoms with E-state index in [-0.39, 0.29) is 5.78 Å². The van der Waals surface area contributed by atoms with E-state index in [1.807, 2.05) is 0 Å². The van der Waals surface area contributed by atoms with E-state index in [2.05, 4.69) is 6.07 Å². The summed E-state index contributed by atoms with van der Waals surface area (Å²) in [7, 11) is 3.10. The van der Waals surface area contributed by atoms with Gasteiger partial charge in [0.2, 0.25) is 0 Å². The van der Waals surface area contributed by atoms with Crippen LogP contribution in [0.1, 0.15) is 23.2 Å². The van der Waals surface area contributed by atoms with E-state index < -0.39 is 0 Å². The predicted molar refractivity (Wildman–Crippen MR) is 76.0 cm³/mol. The number of thioether (sulfide) groups is 1. The number of rotatable bonds is 8. The van der Waals surface area contributed by atoms with Crippen molar-refractivity contribution in [1.29, 1.82) is 5.26 Å². The lowest BCUT2D eigenvalue weighted by Gasteiger charge is -2.09. The highest BCUT2D eigenvalue weighted by atomic mass is 32.2. The molecule has 0 aromatic heterocycles. The molecule has 5 heteroatoms. The van der Waals surface area contributed by atoms with Gasteiger partial charge in [0.1, 0.15) is 11.5 Å². The Bertz CT molecular complexity index is 468. The Morgan fingerprint density at radius 3 is 2.79 bits per heavy atom. The minimum absolute atomic E-state index is 0.0291. The van der Waals surface area contributed by atoms with Gasteiger partial charge in [-0.1, -0.05) is 0 Å². The highest BCUT2D eigenvalue weighted by molar-refractivity contribution is 7.99. The van der Waals surface area contributed by atoms with Gasteiger partial charge in [-0.2, -0.15) is 17.0 Å². The summed E-state index contributed by atoms with van der Waals surface area (Å²) < 4.78 is 10.3. The lowest BCUT2D eigenvalue weighted by Crippen LogP contribution is -2.05. The summed E-state index contributed by atoms with van der Waals surface area (Å²) in [6.07, 6.45) is 1.35. The van der Waals surface area contributed by atoms with Crippen LogP contribution in [0, 0.1) is 11.3 Å². The second kappa shape index (κ2) is 8.44. The highest BCUT2D eigenvalue weighted by Crippen LogP contribution is 2.25. The molecule has 1 rings (SSSR count). The second-order valence-electron chi connectivity index (χ2n) is 3.80. The molecule has 102 valence electrons. The fourth-order valence-electron chi connectivity index (χ4n) is 1.52. The van der Waals surface area contributed by atoms with Gasteiger partial charge in [-0.25, -0.2) is 0 Å². The van der Waals surface area contributed by atoms with E-state index >= 15 is 0 Å². The number of nitriles is 1. The van der Waals surface area contributed by atoms with Crippen LogP contribution < -0.4 is 9.47 Å². The molecule has 19 heavy (non-hydrogen) atoms. The number of ketones is 1. The monoisotopic (exact) mass is 279 g/mol. The zero-order valence-corrected chi connectivity index (χ0v) is 12.0. The van der Waals surface area contributed by atoms with Crippen LogP contribution >= 0.6 is 11.8 Å². The number of nitrogens with zero attached hydrogens (tertiary/aromatic N) is 1. The van der Waals surface area contributed by atoms with Gasteiger partial charge in [0, 0.05) is 12.5 Å². The number of hydrogen-bond acceptors (Lipinski definition) is 5. The third kappa shape index (κ3) is 4.84. The summed E-state index contributed by atoms with van der Waals surface area (Å²) >= 11 is 1.54. The molecule has 0 aliphatic heterocycles. The molecule has 0 heterocycles. The number of carbonyl (C=O) groups excluding carboxylic acids is 1. The van der Waals surface area contributed by atoms with Crippen molar-refractivity contribution in [2.45, 2.75) is 12.8 Å². The van der Waals surface area contributed by atoms with E-state index in [9.17, 15) is 4.79 Å². The van der Waals surface area contributed by atoms with Crippen molar-refractivity contribution < 1.29 is 14.3 Å². The Morgan fingerprint density at radius 1 is 1.37 bits per heavy atom. The molecule has 0 N–H and O–H groups in total. The quantitative estimate of drug-likeness (QED) is 0.541. The third-order valence-corrected chi connectivity index (χ3v) is 3.56. The number of unbranched alkanes of at least 4 members (excludes halogenated alkanes) is 1. The van der Waals surface area contributed by atoms with Crippen LogP contribution in [0.3, 0.4) is 0 Å². The summed E-state index contributed by atoms with van der Waals surface area (Å²) in [5.41, 5.74) is 0.566. The largest absolute Gasteiger partial charge is 0.497 e. The Hall–Kier alpha value is -1.67. The maximum absolute atomic E-state index is 12.1. The van der Waals surface area contributed by atoms with Crippen molar-refractivity contribution >= 4 is 17.5 Å². The van der Waals surface area contributed by atoms with Crippen molar-refractivity contribution in [1.82, 2.24) is 0 Å². The first kappa shape index (κ1) is 15.4. The van der Waals surface area contributed by atoms with E-state index in [1.165, 1.54) is 18.9 Å². The lowest BCUT2D eigenvalue weighted by atomic mass is 10.1. The molecule has 0 bridgehead atoms. The molecule has 0 aliphatic carbocycles. The smallest absolute Gasteiger partial charge is 0.176 e. The minimum Gasteiger partial charge on any atom is -0.497 e. The average Bonchev–Trinajstić information content (AvgIpc) is 2.46. The fraction of sp³-hybridized carbons (Fsp3) is 0.429. The van der Waals surface area contributed by atoms with Crippen molar-refractivity contribution in [2.24, 2.45) is 0 Å². The van der Waals surface area contributed by atoms with Crippen molar-refractivity contribution in [3.63, 3.8) is 0 Å². The summed E-state index contributed by atoms with van der Waals surface area (Å²) in [6.45, 7) is 0. The molecule has 0 aliphatic rings. The van der Waals surface area contributed by atoms with Gasteiger partial charge in [-0.15, -0.1) is 0 Å². The molecule has 0 fully saturated rings. The lowest BCUT2D eigenvalue weighted by molar-refractivity contribution is 0.101. The van der Waals surface area contributed by atoms with Crippen LogP contribution in [0.2, 0.25) is 0 Å². The Labute approximate surface area is 117 Å². The molecule has 0 saturated heterocycles. The highest BCUT2D eigenvalue weighted by Gasteiger charge is 2.13. The Kier molecular flexibility index (Phi) is 6.83. The first-order chi connectivity index (χ1) is 9.22. The molecule has 0 saturated carbocycles. The summed E-state index contributed by atoms with van der Waals surface area (Å²) in [5, 5.41) is 8.42. The number of benzene rings is 1. The first-order valence-corrected chi connectivity index (χ1v) is 7.08. The number of Topliss-reactive ketones (excluding diaryl/α,β-unsaturated/α-hetero) is 1. The average molecular weight is 279 g/mol. The predicted octanol–water partition coefficient (Wildman–Crippen LogP) is 2.92. The standard InChI is InChI=1S/C14H17NO3S/c1-17-11-5-6-12(14(9-11)18-2)13(16)10-19-8-4-3-7-15/h5-6,9H,3-4,8,10H2,1-2H3. The maximum atomic E-state index is 12.1. The minimum atomic E-state index is 0.0291. The summed E-state index contributed by atoms with van der Waals surface area (Å²) in [4.78, 5) is 12.1. The Morgan fingerprint density at radius 2 is 2.16 bits per heavy atom.